The van der Waals surface area contributed by atoms with Crippen LogP contribution in [0.15, 0.2) is 53.9 Å². The SMILES string of the molecule is NC(=O)c1ccc(/C=N/NC(=O)Cc2cccnc2)cc1. The minimum Gasteiger partial charge on any atom is -0.366 e. The van der Waals surface area contributed by atoms with Crippen LogP contribution in [0.1, 0.15) is 21.5 Å². The first-order chi connectivity index (χ1) is 10.1. The van der Waals surface area contributed by atoms with Crippen LogP contribution in [0.5, 0.6) is 0 Å². The average Bonchev–Trinajstić information content (AvgIpc) is 2.49. The van der Waals surface area contributed by atoms with Crippen LogP contribution in [-0.2, 0) is 11.2 Å². The summed E-state index contributed by atoms with van der Waals surface area (Å²) in [6.45, 7) is 0. The number of benzene rings is 1. The first kappa shape index (κ1) is 14.4. The van der Waals surface area contributed by atoms with Gasteiger partial charge in [-0.1, -0.05) is 18.2 Å². The number of nitrogens with zero attached hydrogens (tertiary/aromatic N) is 2. The summed E-state index contributed by atoms with van der Waals surface area (Å²) < 4.78 is 0. The molecule has 0 aliphatic rings. The topological polar surface area (TPSA) is 97.4 Å². The molecule has 0 fully saturated rings. The number of primary amides is 1. The third-order valence-electron chi connectivity index (χ3n) is 2.69. The van der Waals surface area contributed by atoms with Gasteiger partial charge in [0, 0.05) is 18.0 Å². The third-order valence-corrected chi connectivity index (χ3v) is 2.69. The number of hydrogen-bond acceptors (Lipinski definition) is 4. The van der Waals surface area contributed by atoms with Gasteiger partial charge in [-0.3, -0.25) is 14.6 Å². The highest BCUT2D eigenvalue weighted by Crippen LogP contribution is 2.01. The van der Waals surface area contributed by atoms with Crippen LogP contribution in [0.25, 0.3) is 0 Å². The van der Waals surface area contributed by atoms with Crippen molar-refractivity contribution in [2.24, 2.45) is 10.8 Å². The zero-order valence-corrected chi connectivity index (χ0v) is 11.2. The lowest BCUT2D eigenvalue weighted by atomic mass is 10.1. The number of carbonyl (C=O) groups is 2. The molecule has 0 bridgehead atoms. The summed E-state index contributed by atoms with van der Waals surface area (Å²) in [5, 5.41) is 3.85. The first-order valence-corrected chi connectivity index (χ1v) is 6.26. The van der Waals surface area contributed by atoms with Crippen molar-refractivity contribution in [1.82, 2.24) is 10.4 Å². The molecule has 0 unspecified atom stereocenters. The molecule has 6 nitrogen and oxygen atoms in total. The van der Waals surface area contributed by atoms with Crippen molar-refractivity contribution in [2.45, 2.75) is 6.42 Å². The van der Waals surface area contributed by atoms with E-state index in [0.29, 0.717) is 5.56 Å². The van der Waals surface area contributed by atoms with Crippen LogP contribution >= 0.6 is 0 Å². The number of hydrazone groups is 1. The van der Waals surface area contributed by atoms with Crippen LogP contribution in [-0.4, -0.2) is 23.0 Å². The normalized spacial score (nSPS) is 10.5. The molecule has 0 radical (unpaired) electrons. The Hall–Kier alpha value is -3.02. The molecule has 0 saturated carbocycles. The second-order valence-electron chi connectivity index (χ2n) is 4.32. The Morgan fingerprint density at radius 2 is 2.00 bits per heavy atom. The van der Waals surface area contributed by atoms with Gasteiger partial charge in [0.15, 0.2) is 0 Å². The number of carbonyl (C=O) groups excluding carboxylic acids is 2. The maximum atomic E-state index is 11.6. The second kappa shape index (κ2) is 6.95. The van der Waals surface area contributed by atoms with Crippen LogP contribution < -0.4 is 11.2 Å². The zero-order valence-electron chi connectivity index (χ0n) is 11.2. The van der Waals surface area contributed by atoms with Gasteiger partial charge >= 0.3 is 0 Å². The van der Waals surface area contributed by atoms with E-state index in [0.717, 1.165) is 11.1 Å². The molecule has 6 heteroatoms. The number of pyridine rings is 1. The van der Waals surface area contributed by atoms with Crippen molar-refractivity contribution >= 4 is 18.0 Å². The Labute approximate surface area is 121 Å². The Balaban J connectivity index is 1.87. The molecular weight excluding hydrogens is 268 g/mol. The highest BCUT2D eigenvalue weighted by Gasteiger charge is 2.01. The van der Waals surface area contributed by atoms with Gasteiger partial charge in [0.1, 0.15) is 0 Å². The van der Waals surface area contributed by atoms with Gasteiger partial charge in [0.25, 0.3) is 0 Å². The molecule has 0 aliphatic heterocycles. The van der Waals surface area contributed by atoms with E-state index in [4.69, 9.17) is 5.73 Å². The summed E-state index contributed by atoms with van der Waals surface area (Å²) in [4.78, 5) is 26.5. The molecule has 0 spiro atoms. The molecular formula is C15H14N4O2. The van der Waals surface area contributed by atoms with Gasteiger partial charge in [-0.15, -0.1) is 0 Å². The summed E-state index contributed by atoms with van der Waals surface area (Å²) in [7, 11) is 0. The number of nitrogens with one attached hydrogen (secondary N) is 1. The van der Waals surface area contributed by atoms with Crippen molar-refractivity contribution in [3.63, 3.8) is 0 Å². The largest absolute Gasteiger partial charge is 0.366 e. The lowest BCUT2D eigenvalue weighted by Gasteiger charge is -2.00. The van der Waals surface area contributed by atoms with E-state index >= 15 is 0 Å². The highest BCUT2D eigenvalue weighted by molar-refractivity contribution is 5.93. The van der Waals surface area contributed by atoms with E-state index in [1.807, 2.05) is 6.07 Å². The van der Waals surface area contributed by atoms with Crippen molar-refractivity contribution in [3.8, 4) is 0 Å². The van der Waals surface area contributed by atoms with Gasteiger partial charge in [-0.2, -0.15) is 5.10 Å². The predicted octanol–water partition coefficient (Wildman–Crippen LogP) is 0.873. The predicted molar refractivity (Wildman–Crippen MR) is 78.6 cm³/mol. The van der Waals surface area contributed by atoms with E-state index in [-0.39, 0.29) is 12.3 Å². The second-order valence-corrected chi connectivity index (χ2v) is 4.32. The third kappa shape index (κ3) is 4.54. The Kier molecular flexibility index (Phi) is 4.76. The Morgan fingerprint density at radius 3 is 2.62 bits per heavy atom. The number of hydrogen-bond donors (Lipinski definition) is 2. The van der Waals surface area contributed by atoms with E-state index in [1.165, 1.54) is 6.21 Å². The quantitative estimate of drug-likeness (QED) is 0.629. The summed E-state index contributed by atoms with van der Waals surface area (Å²) in [6, 6.07) is 10.2. The molecule has 21 heavy (non-hydrogen) atoms. The van der Waals surface area contributed by atoms with Gasteiger partial charge in [-0.05, 0) is 29.3 Å². The monoisotopic (exact) mass is 282 g/mol. The van der Waals surface area contributed by atoms with Gasteiger partial charge in [0.2, 0.25) is 11.8 Å². The van der Waals surface area contributed by atoms with Crippen molar-refractivity contribution in [1.29, 1.82) is 0 Å². The van der Waals surface area contributed by atoms with Crippen LogP contribution in [0.2, 0.25) is 0 Å². The van der Waals surface area contributed by atoms with E-state index in [1.54, 1.807) is 42.7 Å². The molecule has 1 aromatic heterocycles. The molecule has 2 aromatic rings. The van der Waals surface area contributed by atoms with Crippen LogP contribution in [0, 0.1) is 0 Å². The standard InChI is InChI=1S/C15H14N4O2/c16-15(21)13-5-3-11(4-6-13)10-18-19-14(20)8-12-2-1-7-17-9-12/h1-7,9-10H,8H2,(H2,16,21)(H,19,20)/b18-10+. The number of nitrogens with two attached hydrogens (primary N) is 1. The lowest BCUT2D eigenvalue weighted by molar-refractivity contribution is -0.120. The summed E-state index contributed by atoms with van der Waals surface area (Å²) >= 11 is 0. The van der Waals surface area contributed by atoms with Crippen molar-refractivity contribution in [3.05, 3.63) is 65.5 Å². The fourth-order valence-corrected chi connectivity index (χ4v) is 1.64. The minimum absolute atomic E-state index is 0.214. The van der Waals surface area contributed by atoms with Gasteiger partial charge in [0.05, 0.1) is 12.6 Å². The summed E-state index contributed by atoms with van der Waals surface area (Å²) in [5.41, 5.74) is 9.56. The number of aromatic nitrogens is 1. The molecule has 1 aromatic carbocycles. The summed E-state index contributed by atoms with van der Waals surface area (Å²) in [6.07, 6.45) is 4.98. The average molecular weight is 282 g/mol. The maximum absolute atomic E-state index is 11.6. The minimum atomic E-state index is -0.483. The molecule has 0 saturated heterocycles. The lowest BCUT2D eigenvalue weighted by Crippen LogP contribution is -2.19. The molecule has 0 aliphatic carbocycles. The summed E-state index contributed by atoms with van der Waals surface area (Å²) in [5.74, 6) is -0.712. The maximum Gasteiger partial charge on any atom is 0.248 e. The van der Waals surface area contributed by atoms with Crippen molar-refractivity contribution < 1.29 is 9.59 Å². The number of amides is 2. The Bertz CT molecular complexity index is 651. The van der Waals surface area contributed by atoms with Crippen LogP contribution in [0.3, 0.4) is 0 Å². The fourth-order valence-electron chi connectivity index (χ4n) is 1.64. The molecule has 3 N–H and O–H groups in total. The Morgan fingerprint density at radius 1 is 1.24 bits per heavy atom. The number of rotatable bonds is 5. The molecule has 1 heterocycles. The van der Waals surface area contributed by atoms with E-state index in [2.05, 4.69) is 15.5 Å². The highest BCUT2D eigenvalue weighted by atomic mass is 16.2. The molecule has 0 atom stereocenters. The zero-order chi connectivity index (χ0) is 15.1. The van der Waals surface area contributed by atoms with Gasteiger partial charge in [-0.25, -0.2) is 5.43 Å². The van der Waals surface area contributed by atoms with Crippen molar-refractivity contribution in [2.75, 3.05) is 0 Å². The smallest absolute Gasteiger partial charge is 0.248 e. The van der Waals surface area contributed by atoms with Crippen LogP contribution in [0.4, 0.5) is 0 Å². The van der Waals surface area contributed by atoms with E-state index < -0.39 is 5.91 Å². The van der Waals surface area contributed by atoms with E-state index in [9.17, 15) is 9.59 Å². The molecule has 2 amide bonds. The van der Waals surface area contributed by atoms with Gasteiger partial charge < -0.3 is 5.73 Å². The molecule has 2 rings (SSSR count). The fraction of sp³-hybridized carbons (Fsp3) is 0.0667. The molecule has 106 valence electrons. The first-order valence-electron chi connectivity index (χ1n) is 6.26.